The van der Waals surface area contributed by atoms with E-state index in [0.717, 1.165) is 18.8 Å². The largest absolute Gasteiger partial charge is 0.492 e. The van der Waals surface area contributed by atoms with Crippen LogP contribution in [0.3, 0.4) is 0 Å². The zero-order chi connectivity index (χ0) is 20.6. The molecule has 1 heterocycles. The molecular formula is C22H25N3O4. The molecule has 29 heavy (non-hydrogen) atoms. The van der Waals surface area contributed by atoms with Gasteiger partial charge in [-0.3, -0.25) is 4.79 Å². The van der Waals surface area contributed by atoms with E-state index < -0.39 is 0 Å². The number of nitriles is 1. The van der Waals surface area contributed by atoms with E-state index in [-0.39, 0.29) is 5.91 Å². The fourth-order valence-corrected chi connectivity index (χ4v) is 3.17. The normalized spacial score (nSPS) is 13.5. The van der Waals surface area contributed by atoms with E-state index in [0.29, 0.717) is 54.7 Å². The van der Waals surface area contributed by atoms with Crippen molar-refractivity contribution in [3.05, 3.63) is 47.5 Å². The van der Waals surface area contributed by atoms with Crippen molar-refractivity contribution in [2.45, 2.75) is 13.8 Å². The van der Waals surface area contributed by atoms with E-state index in [1.54, 1.807) is 30.3 Å². The van der Waals surface area contributed by atoms with Crippen molar-refractivity contribution < 1.29 is 19.0 Å². The van der Waals surface area contributed by atoms with Crippen LogP contribution in [0.5, 0.6) is 11.5 Å². The van der Waals surface area contributed by atoms with Gasteiger partial charge in [-0.25, -0.2) is 0 Å². The number of rotatable bonds is 7. The number of carbonyl (C=O) groups excluding carboxylic acids is 1. The standard InChI is InChI=1S/C22H25N3O4/c1-3-28-20-14-19(25-8-10-27-11-9-25)21(29-4-2)13-18(20)24-22(26)17-7-5-6-16(12-17)15-23/h5-7,12-14H,3-4,8-11H2,1-2H3,(H,24,26). The highest BCUT2D eigenvalue weighted by atomic mass is 16.5. The van der Waals surface area contributed by atoms with E-state index in [2.05, 4.69) is 10.2 Å². The fourth-order valence-electron chi connectivity index (χ4n) is 3.17. The Morgan fingerprint density at radius 1 is 1.14 bits per heavy atom. The van der Waals surface area contributed by atoms with Gasteiger partial charge < -0.3 is 24.4 Å². The molecule has 3 rings (SSSR count). The zero-order valence-corrected chi connectivity index (χ0v) is 16.7. The molecule has 1 aliphatic rings. The van der Waals surface area contributed by atoms with Gasteiger partial charge in [0.25, 0.3) is 5.91 Å². The lowest BCUT2D eigenvalue weighted by atomic mass is 10.1. The number of ether oxygens (including phenoxy) is 3. The van der Waals surface area contributed by atoms with Crippen LogP contribution in [-0.2, 0) is 4.74 Å². The molecule has 0 atom stereocenters. The summed E-state index contributed by atoms with van der Waals surface area (Å²) in [7, 11) is 0. The number of amides is 1. The maximum absolute atomic E-state index is 12.8. The smallest absolute Gasteiger partial charge is 0.255 e. The van der Waals surface area contributed by atoms with Crippen LogP contribution >= 0.6 is 0 Å². The molecule has 2 aromatic rings. The molecule has 1 saturated heterocycles. The van der Waals surface area contributed by atoms with Gasteiger partial charge in [0.2, 0.25) is 0 Å². The molecule has 0 aliphatic carbocycles. The van der Waals surface area contributed by atoms with Crippen LogP contribution in [0.4, 0.5) is 11.4 Å². The molecule has 7 nitrogen and oxygen atoms in total. The molecule has 2 aromatic carbocycles. The Hall–Kier alpha value is -3.24. The minimum atomic E-state index is -0.315. The molecule has 7 heteroatoms. The molecule has 0 radical (unpaired) electrons. The molecular weight excluding hydrogens is 370 g/mol. The lowest BCUT2D eigenvalue weighted by Gasteiger charge is -2.31. The first-order valence-corrected chi connectivity index (χ1v) is 9.74. The Labute approximate surface area is 170 Å². The lowest BCUT2D eigenvalue weighted by molar-refractivity contribution is 0.102. The van der Waals surface area contributed by atoms with Crippen LogP contribution in [0.2, 0.25) is 0 Å². The molecule has 0 aromatic heterocycles. The summed E-state index contributed by atoms with van der Waals surface area (Å²) in [5, 5.41) is 12.0. The number of benzene rings is 2. The van der Waals surface area contributed by atoms with Crippen molar-refractivity contribution in [1.29, 1.82) is 5.26 Å². The van der Waals surface area contributed by atoms with Gasteiger partial charge in [0.05, 0.1) is 49.4 Å². The first-order chi connectivity index (χ1) is 14.2. The van der Waals surface area contributed by atoms with Gasteiger partial charge in [-0.1, -0.05) is 6.07 Å². The van der Waals surface area contributed by atoms with Gasteiger partial charge in [-0.05, 0) is 32.0 Å². The highest BCUT2D eigenvalue weighted by Gasteiger charge is 2.20. The average Bonchev–Trinajstić information content (AvgIpc) is 2.76. The summed E-state index contributed by atoms with van der Waals surface area (Å²) in [4.78, 5) is 14.9. The quantitative estimate of drug-likeness (QED) is 0.773. The number of nitrogens with one attached hydrogen (secondary N) is 1. The van der Waals surface area contributed by atoms with Crippen molar-refractivity contribution in [3.8, 4) is 17.6 Å². The first-order valence-electron chi connectivity index (χ1n) is 9.74. The van der Waals surface area contributed by atoms with E-state index in [4.69, 9.17) is 19.5 Å². The second-order valence-electron chi connectivity index (χ2n) is 6.43. The minimum Gasteiger partial charge on any atom is -0.492 e. The van der Waals surface area contributed by atoms with Gasteiger partial charge in [0.1, 0.15) is 11.5 Å². The summed E-state index contributed by atoms with van der Waals surface area (Å²) >= 11 is 0. The van der Waals surface area contributed by atoms with Crippen LogP contribution < -0.4 is 19.7 Å². The van der Waals surface area contributed by atoms with Crippen LogP contribution in [-0.4, -0.2) is 45.4 Å². The molecule has 152 valence electrons. The molecule has 1 aliphatic heterocycles. The third-order valence-corrected chi connectivity index (χ3v) is 4.51. The number of morpholine rings is 1. The topological polar surface area (TPSA) is 83.8 Å². The molecule has 1 N–H and O–H groups in total. The Bertz CT molecular complexity index is 901. The van der Waals surface area contributed by atoms with Crippen molar-refractivity contribution >= 4 is 17.3 Å². The highest BCUT2D eigenvalue weighted by molar-refractivity contribution is 6.05. The van der Waals surface area contributed by atoms with Gasteiger partial charge >= 0.3 is 0 Å². The maximum atomic E-state index is 12.8. The van der Waals surface area contributed by atoms with Crippen molar-refractivity contribution in [1.82, 2.24) is 0 Å². The van der Waals surface area contributed by atoms with Gasteiger partial charge in [0.15, 0.2) is 0 Å². The molecule has 0 unspecified atom stereocenters. The second-order valence-corrected chi connectivity index (χ2v) is 6.43. The SMILES string of the molecule is CCOc1cc(N2CCOCC2)c(OCC)cc1NC(=O)c1cccc(C#N)c1. The van der Waals surface area contributed by atoms with E-state index in [1.807, 2.05) is 26.0 Å². The van der Waals surface area contributed by atoms with Gasteiger partial charge in [0, 0.05) is 30.8 Å². The molecule has 1 fully saturated rings. The minimum absolute atomic E-state index is 0.315. The molecule has 0 spiro atoms. The Balaban J connectivity index is 1.94. The summed E-state index contributed by atoms with van der Waals surface area (Å²) in [5.41, 5.74) is 2.28. The first kappa shape index (κ1) is 20.5. The Morgan fingerprint density at radius 2 is 1.86 bits per heavy atom. The lowest BCUT2D eigenvalue weighted by Crippen LogP contribution is -2.36. The van der Waals surface area contributed by atoms with Gasteiger partial charge in [-0.2, -0.15) is 5.26 Å². The fraction of sp³-hybridized carbons (Fsp3) is 0.364. The van der Waals surface area contributed by atoms with Crippen LogP contribution in [0.25, 0.3) is 0 Å². The van der Waals surface area contributed by atoms with Crippen molar-refractivity contribution in [2.24, 2.45) is 0 Å². The maximum Gasteiger partial charge on any atom is 0.255 e. The second kappa shape index (κ2) is 9.80. The summed E-state index contributed by atoms with van der Waals surface area (Å²) in [6, 6.07) is 12.3. The predicted molar refractivity (Wildman–Crippen MR) is 111 cm³/mol. The van der Waals surface area contributed by atoms with Crippen LogP contribution in [0, 0.1) is 11.3 Å². The Morgan fingerprint density at radius 3 is 2.55 bits per heavy atom. The monoisotopic (exact) mass is 395 g/mol. The van der Waals surface area contributed by atoms with Crippen LogP contribution in [0.15, 0.2) is 36.4 Å². The molecule has 1 amide bonds. The number of hydrogen-bond donors (Lipinski definition) is 1. The van der Waals surface area contributed by atoms with Crippen molar-refractivity contribution in [3.63, 3.8) is 0 Å². The summed E-state index contributed by atoms with van der Waals surface area (Å²) < 4.78 is 17.1. The number of nitrogens with zero attached hydrogens (tertiary/aromatic N) is 2. The average molecular weight is 395 g/mol. The molecule has 0 bridgehead atoms. The highest BCUT2D eigenvalue weighted by Crippen LogP contribution is 2.39. The number of carbonyl (C=O) groups is 1. The van der Waals surface area contributed by atoms with E-state index >= 15 is 0 Å². The third-order valence-electron chi connectivity index (χ3n) is 4.51. The predicted octanol–water partition coefficient (Wildman–Crippen LogP) is 3.44. The van der Waals surface area contributed by atoms with E-state index in [1.165, 1.54) is 0 Å². The summed E-state index contributed by atoms with van der Waals surface area (Å²) in [6.07, 6.45) is 0. The summed E-state index contributed by atoms with van der Waals surface area (Å²) in [6.45, 7) is 7.62. The number of anilines is 2. The van der Waals surface area contributed by atoms with Gasteiger partial charge in [-0.15, -0.1) is 0 Å². The Kier molecular flexibility index (Phi) is 6.93. The van der Waals surface area contributed by atoms with E-state index in [9.17, 15) is 4.79 Å². The summed E-state index contributed by atoms with van der Waals surface area (Å²) in [5.74, 6) is 0.936. The third kappa shape index (κ3) is 4.98. The van der Waals surface area contributed by atoms with Crippen LogP contribution in [0.1, 0.15) is 29.8 Å². The molecule has 0 saturated carbocycles. The van der Waals surface area contributed by atoms with Crippen molar-refractivity contribution in [2.75, 3.05) is 49.7 Å². The zero-order valence-electron chi connectivity index (χ0n) is 16.7. The number of hydrogen-bond acceptors (Lipinski definition) is 6.